The van der Waals surface area contributed by atoms with Gasteiger partial charge in [-0.05, 0) is 23.6 Å². The predicted octanol–water partition coefficient (Wildman–Crippen LogP) is 3.54. The minimum Gasteiger partial charge on any atom is -0.496 e. The van der Waals surface area contributed by atoms with Crippen LogP contribution in [0.4, 0.5) is 0 Å². The zero-order valence-electron chi connectivity index (χ0n) is 10.2. The largest absolute Gasteiger partial charge is 0.496 e. The molecule has 0 amide bonds. The Hall–Kier alpha value is -1.57. The van der Waals surface area contributed by atoms with Crippen LogP contribution in [0.25, 0.3) is 10.9 Å². The summed E-state index contributed by atoms with van der Waals surface area (Å²) in [6, 6.07) is 8.07. The van der Waals surface area contributed by atoms with Crippen LogP contribution in [0, 0.1) is 0 Å². The second kappa shape index (κ2) is 3.78. The molecule has 84 valence electrons. The van der Waals surface area contributed by atoms with Gasteiger partial charge in [-0.25, -0.2) is 0 Å². The Morgan fingerprint density at radius 2 is 1.88 bits per heavy atom. The van der Waals surface area contributed by atoms with Crippen LogP contribution >= 0.6 is 0 Å². The highest BCUT2D eigenvalue weighted by molar-refractivity contribution is 5.85. The van der Waals surface area contributed by atoms with Gasteiger partial charge >= 0.3 is 0 Å². The maximum Gasteiger partial charge on any atom is 0.123 e. The monoisotopic (exact) mass is 215 g/mol. The van der Waals surface area contributed by atoms with Crippen molar-refractivity contribution in [3.8, 4) is 5.75 Å². The summed E-state index contributed by atoms with van der Waals surface area (Å²) in [4.78, 5) is 4.38. The fraction of sp³-hybridized carbons (Fsp3) is 0.357. The van der Waals surface area contributed by atoms with Gasteiger partial charge in [0.25, 0.3) is 0 Å². The lowest BCUT2D eigenvalue weighted by atomic mass is 9.83. The predicted molar refractivity (Wildman–Crippen MR) is 67.0 cm³/mol. The van der Waals surface area contributed by atoms with Gasteiger partial charge in [0.05, 0.1) is 12.6 Å². The molecule has 0 spiro atoms. The molecule has 0 unspecified atom stereocenters. The van der Waals surface area contributed by atoms with Gasteiger partial charge in [-0.2, -0.15) is 0 Å². The van der Waals surface area contributed by atoms with Gasteiger partial charge < -0.3 is 4.74 Å². The maximum atomic E-state index is 5.45. The van der Waals surface area contributed by atoms with Crippen LogP contribution in [0.3, 0.4) is 0 Å². The van der Waals surface area contributed by atoms with E-state index in [1.807, 2.05) is 24.4 Å². The van der Waals surface area contributed by atoms with E-state index >= 15 is 0 Å². The van der Waals surface area contributed by atoms with Crippen molar-refractivity contribution in [3.05, 3.63) is 36.0 Å². The number of fused-ring (bicyclic) bond motifs is 1. The normalized spacial score (nSPS) is 11.8. The highest BCUT2D eigenvalue weighted by atomic mass is 16.5. The molecular weight excluding hydrogens is 198 g/mol. The minimum atomic E-state index is 0.0495. The summed E-state index contributed by atoms with van der Waals surface area (Å²) >= 11 is 0. The number of benzene rings is 1. The van der Waals surface area contributed by atoms with Gasteiger partial charge in [0.2, 0.25) is 0 Å². The first-order valence-electron chi connectivity index (χ1n) is 5.46. The fourth-order valence-corrected chi connectivity index (χ4v) is 2.08. The topological polar surface area (TPSA) is 22.1 Å². The molecule has 0 fully saturated rings. The average molecular weight is 215 g/mol. The molecule has 1 heterocycles. The summed E-state index contributed by atoms with van der Waals surface area (Å²) < 4.78 is 5.45. The third kappa shape index (κ3) is 1.75. The van der Waals surface area contributed by atoms with Crippen molar-refractivity contribution >= 4 is 10.9 Å². The van der Waals surface area contributed by atoms with Crippen LogP contribution in [-0.4, -0.2) is 12.1 Å². The Morgan fingerprint density at radius 1 is 1.12 bits per heavy atom. The van der Waals surface area contributed by atoms with Gasteiger partial charge in [0.1, 0.15) is 5.75 Å². The van der Waals surface area contributed by atoms with Crippen LogP contribution in [0.5, 0.6) is 5.75 Å². The number of hydrogen-bond acceptors (Lipinski definition) is 2. The first kappa shape index (κ1) is 10.9. The fourth-order valence-electron chi connectivity index (χ4n) is 2.08. The Labute approximate surface area is 96.3 Å². The Bertz CT molecular complexity index is 512. The van der Waals surface area contributed by atoms with E-state index in [-0.39, 0.29) is 5.41 Å². The number of methoxy groups -OCH3 is 1. The zero-order chi connectivity index (χ0) is 11.8. The van der Waals surface area contributed by atoms with Crippen molar-refractivity contribution in [1.29, 1.82) is 0 Å². The molecule has 0 N–H and O–H groups in total. The molecule has 0 aliphatic carbocycles. The van der Waals surface area contributed by atoms with Crippen molar-refractivity contribution in [2.45, 2.75) is 26.2 Å². The molecule has 1 aromatic heterocycles. The average Bonchev–Trinajstić information content (AvgIpc) is 2.26. The molecular formula is C14H17NO. The minimum absolute atomic E-state index is 0.0495. The molecule has 0 aliphatic heterocycles. The number of nitrogens with zero attached hydrogens (tertiary/aromatic N) is 1. The van der Waals surface area contributed by atoms with E-state index in [2.05, 4.69) is 31.8 Å². The highest BCUT2D eigenvalue weighted by Crippen LogP contribution is 2.36. The van der Waals surface area contributed by atoms with E-state index in [4.69, 9.17) is 4.74 Å². The molecule has 0 aliphatic rings. The van der Waals surface area contributed by atoms with Gasteiger partial charge in [-0.1, -0.05) is 26.8 Å². The summed E-state index contributed by atoms with van der Waals surface area (Å²) in [6.07, 6.45) is 1.82. The van der Waals surface area contributed by atoms with Gasteiger partial charge in [0, 0.05) is 17.1 Å². The van der Waals surface area contributed by atoms with Gasteiger partial charge in [-0.15, -0.1) is 0 Å². The molecule has 2 aromatic rings. The molecule has 0 saturated heterocycles. The Morgan fingerprint density at radius 3 is 2.50 bits per heavy atom. The molecule has 0 atom stereocenters. The van der Waals surface area contributed by atoms with Crippen LogP contribution in [0.1, 0.15) is 26.3 Å². The van der Waals surface area contributed by atoms with Crippen LogP contribution in [0.15, 0.2) is 30.5 Å². The Balaban J connectivity index is 2.84. The first-order valence-corrected chi connectivity index (χ1v) is 5.46. The first-order chi connectivity index (χ1) is 7.54. The van der Waals surface area contributed by atoms with Gasteiger partial charge in [-0.3, -0.25) is 4.98 Å². The summed E-state index contributed by atoms with van der Waals surface area (Å²) in [5.74, 6) is 0.938. The molecule has 2 rings (SSSR count). The van der Waals surface area contributed by atoms with E-state index in [1.54, 1.807) is 7.11 Å². The molecule has 0 saturated carbocycles. The number of hydrogen-bond donors (Lipinski definition) is 0. The third-order valence-corrected chi connectivity index (χ3v) is 2.72. The van der Waals surface area contributed by atoms with Gasteiger partial charge in [0.15, 0.2) is 0 Å². The quantitative estimate of drug-likeness (QED) is 0.726. The number of pyridine rings is 1. The lowest BCUT2D eigenvalue weighted by Gasteiger charge is -2.23. The highest BCUT2D eigenvalue weighted by Gasteiger charge is 2.21. The molecule has 2 nitrogen and oxygen atoms in total. The molecule has 16 heavy (non-hydrogen) atoms. The van der Waals surface area contributed by atoms with E-state index < -0.39 is 0 Å². The van der Waals surface area contributed by atoms with Crippen molar-refractivity contribution in [1.82, 2.24) is 4.98 Å². The van der Waals surface area contributed by atoms with Crippen molar-refractivity contribution in [2.75, 3.05) is 7.11 Å². The molecule has 0 bridgehead atoms. The second-order valence-corrected chi connectivity index (χ2v) is 4.96. The van der Waals surface area contributed by atoms with Crippen LogP contribution in [-0.2, 0) is 5.41 Å². The smallest absolute Gasteiger partial charge is 0.123 e. The summed E-state index contributed by atoms with van der Waals surface area (Å²) in [7, 11) is 1.72. The zero-order valence-corrected chi connectivity index (χ0v) is 10.2. The Kier molecular flexibility index (Phi) is 2.58. The van der Waals surface area contributed by atoms with E-state index in [0.717, 1.165) is 11.3 Å². The van der Waals surface area contributed by atoms with Crippen molar-refractivity contribution in [2.24, 2.45) is 0 Å². The SMILES string of the molecule is COc1ccc2ncccc2c1C(C)(C)C. The standard InChI is InChI=1S/C14H17NO/c1-14(2,3)13-10-6-5-9-15-11(10)7-8-12(13)16-4/h5-9H,1-4H3. The summed E-state index contributed by atoms with van der Waals surface area (Å²) in [6.45, 7) is 6.58. The number of aromatic nitrogens is 1. The molecule has 1 aromatic carbocycles. The molecule has 0 radical (unpaired) electrons. The van der Waals surface area contributed by atoms with Crippen LogP contribution in [0.2, 0.25) is 0 Å². The van der Waals surface area contributed by atoms with Crippen molar-refractivity contribution in [3.63, 3.8) is 0 Å². The summed E-state index contributed by atoms with van der Waals surface area (Å²) in [5, 5.41) is 1.18. The van der Waals surface area contributed by atoms with E-state index in [0.29, 0.717) is 0 Å². The van der Waals surface area contributed by atoms with Crippen molar-refractivity contribution < 1.29 is 4.74 Å². The lowest BCUT2D eigenvalue weighted by molar-refractivity contribution is 0.399. The third-order valence-electron chi connectivity index (χ3n) is 2.72. The lowest BCUT2D eigenvalue weighted by Crippen LogP contribution is -2.13. The van der Waals surface area contributed by atoms with E-state index in [9.17, 15) is 0 Å². The number of rotatable bonds is 1. The second-order valence-electron chi connectivity index (χ2n) is 4.96. The van der Waals surface area contributed by atoms with E-state index in [1.165, 1.54) is 10.9 Å². The molecule has 2 heteroatoms. The summed E-state index contributed by atoms with van der Waals surface area (Å²) in [5.41, 5.74) is 2.29. The number of ether oxygens (including phenoxy) is 1. The maximum absolute atomic E-state index is 5.45. The van der Waals surface area contributed by atoms with Crippen LogP contribution < -0.4 is 4.74 Å².